The molecule has 2 rings (SSSR count). The molecule has 2 aromatic rings. The minimum Gasteiger partial charge on any atom is -0.351 e. The summed E-state index contributed by atoms with van der Waals surface area (Å²) in [4.78, 5) is 7.20. The summed E-state index contributed by atoms with van der Waals surface area (Å²) in [5.41, 5.74) is 1.12. The molecule has 6 nitrogen and oxygen atoms in total. The summed E-state index contributed by atoms with van der Waals surface area (Å²) in [5, 5.41) is 3.97. The predicted octanol–water partition coefficient (Wildman–Crippen LogP) is 2.86. The van der Waals surface area contributed by atoms with Gasteiger partial charge in [0.1, 0.15) is 4.21 Å². The first kappa shape index (κ1) is 20.7. The van der Waals surface area contributed by atoms with Crippen LogP contribution in [0.1, 0.15) is 10.4 Å². The van der Waals surface area contributed by atoms with Crippen molar-refractivity contribution in [2.75, 3.05) is 28.2 Å². The lowest BCUT2D eigenvalue weighted by molar-refractivity contribution is 0.477. The van der Waals surface area contributed by atoms with Gasteiger partial charge in [0.15, 0.2) is 5.96 Å². The van der Waals surface area contributed by atoms with Crippen molar-refractivity contribution in [2.45, 2.75) is 17.3 Å². The number of aliphatic imine (C=N–C) groups is 1. The Balaban J connectivity index is 1.98. The normalized spacial score (nSPS) is 12.5. The maximum Gasteiger partial charge on any atom is 0.252 e. The zero-order chi connectivity index (χ0) is 19.3. The van der Waals surface area contributed by atoms with Gasteiger partial charge in [-0.15, -0.1) is 11.3 Å². The molecule has 0 radical (unpaired) electrons. The number of hydrogen-bond acceptors (Lipinski definition) is 4. The van der Waals surface area contributed by atoms with E-state index in [0.29, 0.717) is 22.3 Å². The van der Waals surface area contributed by atoms with Crippen LogP contribution in [0.3, 0.4) is 0 Å². The van der Waals surface area contributed by atoms with Gasteiger partial charge < -0.3 is 10.2 Å². The van der Waals surface area contributed by atoms with Crippen molar-refractivity contribution in [1.82, 2.24) is 14.5 Å². The number of halogens is 1. The van der Waals surface area contributed by atoms with E-state index in [4.69, 9.17) is 11.6 Å². The summed E-state index contributed by atoms with van der Waals surface area (Å²) in [5.74, 6) is 0.727. The highest BCUT2D eigenvalue weighted by Gasteiger charge is 2.19. The molecule has 0 aliphatic heterocycles. The summed E-state index contributed by atoms with van der Waals surface area (Å²) >= 11 is 7.17. The minimum atomic E-state index is -3.39. The minimum absolute atomic E-state index is 0.337. The zero-order valence-corrected chi connectivity index (χ0v) is 17.6. The first-order chi connectivity index (χ1) is 12.2. The molecule has 0 unspecified atom stereocenters. The lowest BCUT2D eigenvalue weighted by Crippen LogP contribution is -2.37. The Morgan fingerprint density at radius 3 is 2.38 bits per heavy atom. The summed E-state index contributed by atoms with van der Waals surface area (Å²) in [6.45, 7) is 1.19. The largest absolute Gasteiger partial charge is 0.351 e. The fourth-order valence-electron chi connectivity index (χ4n) is 2.26. The van der Waals surface area contributed by atoms with Gasteiger partial charge in [-0.05, 0) is 29.8 Å². The van der Waals surface area contributed by atoms with E-state index < -0.39 is 10.0 Å². The Bertz CT molecular complexity index is 861. The van der Waals surface area contributed by atoms with E-state index in [2.05, 4.69) is 10.3 Å². The molecule has 142 valence electrons. The van der Waals surface area contributed by atoms with Crippen LogP contribution in [0.5, 0.6) is 0 Å². The van der Waals surface area contributed by atoms with Crippen LogP contribution in [0.25, 0.3) is 0 Å². The molecule has 0 atom stereocenters. The van der Waals surface area contributed by atoms with Gasteiger partial charge in [0, 0.05) is 44.6 Å². The van der Waals surface area contributed by atoms with E-state index in [-0.39, 0.29) is 0 Å². The molecule has 1 aromatic heterocycles. The third kappa shape index (κ3) is 5.20. The van der Waals surface area contributed by atoms with Crippen molar-refractivity contribution < 1.29 is 8.42 Å². The Morgan fingerprint density at radius 1 is 1.15 bits per heavy atom. The van der Waals surface area contributed by atoms with Crippen molar-refractivity contribution in [3.63, 3.8) is 0 Å². The van der Waals surface area contributed by atoms with Crippen LogP contribution in [-0.4, -0.2) is 51.8 Å². The van der Waals surface area contributed by atoms with Crippen LogP contribution in [0.2, 0.25) is 5.02 Å². The molecule has 1 heterocycles. The number of sulfonamides is 1. The number of benzene rings is 1. The third-order valence-electron chi connectivity index (χ3n) is 3.70. The molecule has 0 aliphatic carbocycles. The average molecular weight is 415 g/mol. The SMILES string of the molecule is CN=C(NCc1ccc(S(=O)(=O)N(C)C)s1)N(C)Cc1ccc(Cl)cc1. The number of guanidine groups is 1. The summed E-state index contributed by atoms with van der Waals surface area (Å²) in [6.07, 6.45) is 0. The second-order valence-corrected chi connectivity index (χ2v) is 9.87. The Kier molecular flexibility index (Phi) is 7.05. The third-order valence-corrected chi connectivity index (χ3v) is 7.32. The molecule has 1 aromatic carbocycles. The molecule has 0 aliphatic rings. The van der Waals surface area contributed by atoms with Gasteiger partial charge in [-0.1, -0.05) is 23.7 Å². The molecular formula is C17H23ClN4O2S2. The first-order valence-corrected chi connectivity index (χ1v) is 10.5. The molecule has 0 saturated heterocycles. The molecule has 9 heteroatoms. The van der Waals surface area contributed by atoms with Crippen LogP contribution in [0.15, 0.2) is 45.6 Å². The van der Waals surface area contributed by atoms with E-state index in [9.17, 15) is 8.42 Å². The number of nitrogens with one attached hydrogen (secondary N) is 1. The molecule has 0 amide bonds. The highest BCUT2D eigenvalue weighted by molar-refractivity contribution is 7.91. The Morgan fingerprint density at radius 2 is 1.81 bits per heavy atom. The van der Waals surface area contributed by atoms with Gasteiger partial charge in [-0.3, -0.25) is 4.99 Å². The topological polar surface area (TPSA) is 65.0 Å². The second kappa shape index (κ2) is 8.85. The van der Waals surface area contributed by atoms with E-state index >= 15 is 0 Å². The standard InChI is InChI=1S/C17H23ClN4O2S2/c1-19-17(22(4)12-13-5-7-14(18)8-6-13)20-11-15-9-10-16(25-15)26(23,24)21(2)3/h5-10H,11-12H2,1-4H3,(H,19,20). The molecule has 0 spiro atoms. The van der Waals surface area contributed by atoms with Crippen molar-refractivity contribution in [1.29, 1.82) is 0 Å². The fourth-order valence-corrected chi connectivity index (χ4v) is 4.85. The summed E-state index contributed by atoms with van der Waals surface area (Å²) in [7, 11) is 3.33. The first-order valence-electron chi connectivity index (χ1n) is 7.91. The van der Waals surface area contributed by atoms with E-state index in [1.54, 1.807) is 13.1 Å². The molecule has 26 heavy (non-hydrogen) atoms. The van der Waals surface area contributed by atoms with Gasteiger partial charge in [0.05, 0.1) is 6.54 Å². The van der Waals surface area contributed by atoms with Crippen molar-refractivity contribution in [2.24, 2.45) is 4.99 Å². The molecule has 0 bridgehead atoms. The van der Waals surface area contributed by atoms with Crippen molar-refractivity contribution >= 4 is 38.9 Å². The number of hydrogen-bond donors (Lipinski definition) is 1. The van der Waals surface area contributed by atoms with Crippen LogP contribution < -0.4 is 5.32 Å². The lowest BCUT2D eigenvalue weighted by Gasteiger charge is -2.22. The molecule has 0 fully saturated rings. The molecule has 1 N–H and O–H groups in total. The summed E-state index contributed by atoms with van der Waals surface area (Å²) in [6, 6.07) is 11.1. The Hall–Kier alpha value is -1.61. The van der Waals surface area contributed by atoms with Gasteiger partial charge in [-0.25, -0.2) is 12.7 Å². The fraction of sp³-hybridized carbons (Fsp3) is 0.353. The number of nitrogens with zero attached hydrogens (tertiary/aromatic N) is 3. The highest BCUT2D eigenvalue weighted by Crippen LogP contribution is 2.23. The number of rotatable bonds is 6. The van der Waals surface area contributed by atoms with Crippen molar-refractivity contribution in [3.05, 3.63) is 51.9 Å². The summed E-state index contributed by atoms with van der Waals surface area (Å²) < 4.78 is 25.9. The monoisotopic (exact) mass is 414 g/mol. The van der Waals surface area contributed by atoms with Crippen LogP contribution in [0, 0.1) is 0 Å². The second-order valence-electron chi connectivity index (χ2n) is 5.89. The van der Waals surface area contributed by atoms with E-state index in [0.717, 1.165) is 16.4 Å². The molecular weight excluding hydrogens is 392 g/mol. The van der Waals surface area contributed by atoms with E-state index in [1.165, 1.54) is 29.7 Å². The highest BCUT2D eigenvalue weighted by atomic mass is 35.5. The van der Waals surface area contributed by atoms with Gasteiger partial charge >= 0.3 is 0 Å². The van der Waals surface area contributed by atoms with Crippen LogP contribution in [-0.2, 0) is 23.1 Å². The van der Waals surface area contributed by atoms with Gasteiger partial charge in [-0.2, -0.15) is 0 Å². The molecule has 0 saturated carbocycles. The van der Waals surface area contributed by atoms with Crippen LogP contribution in [0.4, 0.5) is 0 Å². The van der Waals surface area contributed by atoms with E-state index in [1.807, 2.05) is 42.3 Å². The smallest absolute Gasteiger partial charge is 0.252 e. The van der Waals surface area contributed by atoms with Gasteiger partial charge in [0.2, 0.25) is 0 Å². The van der Waals surface area contributed by atoms with Crippen molar-refractivity contribution in [3.8, 4) is 0 Å². The Labute approximate surface area is 164 Å². The number of thiophene rings is 1. The maximum atomic E-state index is 12.1. The van der Waals surface area contributed by atoms with Gasteiger partial charge in [0.25, 0.3) is 10.0 Å². The van der Waals surface area contributed by atoms with Crippen LogP contribution >= 0.6 is 22.9 Å². The maximum absolute atomic E-state index is 12.1. The zero-order valence-electron chi connectivity index (χ0n) is 15.2. The average Bonchev–Trinajstić information content (AvgIpc) is 3.07. The predicted molar refractivity (Wildman–Crippen MR) is 108 cm³/mol. The quantitative estimate of drug-likeness (QED) is 0.583. The lowest BCUT2D eigenvalue weighted by atomic mass is 10.2.